The molecule has 112 valence electrons. The third-order valence-electron chi connectivity index (χ3n) is 2.95. The van der Waals surface area contributed by atoms with E-state index in [-0.39, 0.29) is 18.3 Å². The van der Waals surface area contributed by atoms with E-state index in [0.717, 1.165) is 29.9 Å². The van der Waals surface area contributed by atoms with Gasteiger partial charge in [0.15, 0.2) is 11.5 Å². The zero-order valence-electron chi connectivity index (χ0n) is 11.4. The van der Waals surface area contributed by atoms with E-state index in [9.17, 15) is 4.79 Å². The minimum atomic E-state index is 0. The van der Waals surface area contributed by atoms with Crippen molar-refractivity contribution in [2.24, 2.45) is 5.73 Å². The van der Waals surface area contributed by atoms with Gasteiger partial charge in [-0.3, -0.25) is 4.79 Å². The zero-order valence-corrected chi connectivity index (χ0v) is 12.2. The predicted molar refractivity (Wildman–Crippen MR) is 79.7 cm³/mol. The van der Waals surface area contributed by atoms with Crippen molar-refractivity contribution in [3.05, 3.63) is 23.8 Å². The molecule has 0 fully saturated rings. The molecule has 0 unspecified atom stereocenters. The van der Waals surface area contributed by atoms with Crippen LogP contribution in [0.2, 0.25) is 0 Å². The Morgan fingerprint density at radius 3 is 2.75 bits per heavy atom. The molecule has 20 heavy (non-hydrogen) atoms. The summed E-state index contributed by atoms with van der Waals surface area (Å²) in [6.07, 6.45) is 2.01. The maximum absolute atomic E-state index is 11.4. The highest BCUT2D eigenvalue weighted by Crippen LogP contribution is 2.30. The van der Waals surface area contributed by atoms with Crippen molar-refractivity contribution in [3.8, 4) is 11.5 Å². The molecule has 0 bridgehead atoms. The molecule has 1 aromatic carbocycles. The number of benzene rings is 1. The van der Waals surface area contributed by atoms with Crippen LogP contribution in [0.3, 0.4) is 0 Å². The molecule has 1 aliphatic heterocycles. The quantitative estimate of drug-likeness (QED) is 0.830. The summed E-state index contributed by atoms with van der Waals surface area (Å²) in [6, 6.07) is 5.89. The average Bonchev–Trinajstić information content (AvgIpc) is 2.45. The summed E-state index contributed by atoms with van der Waals surface area (Å²) in [5, 5.41) is 2.88. The summed E-state index contributed by atoms with van der Waals surface area (Å²) in [5.41, 5.74) is 6.48. The molecule has 1 amide bonds. The van der Waals surface area contributed by atoms with Gasteiger partial charge in [-0.15, -0.1) is 12.4 Å². The third kappa shape index (κ3) is 4.90. The van der Waals surface area contributed by atoms with Crippen LogP contribution in [0.4, 0.5) is 0 Å². The molecule has 1 aromatic rings. The Hall–Kier alpha value is -1.46. The van der Waals surface area contributed by atoms with Crippen molar-refractivity contribution in [1.29, 1.82) is 0 Å². The molecule has 0 saturated carbocycles. The van der Waals surface area contributed by atoms with Crippen LogP contribution in [0, 0.1) is 0 Å². The number of hydrogen-bond donors (Lipinski definition) is 2. The predicted octanol–water partition coefficient (Wildman–Crippen LogP) is 1.28. The third-order valence-corrected chi connectivity index (χ3v) is 2.95. The van der Waals surface area contributed by atoms with E-state index >= 15 is 0 Å². The fourth-order valence-electron chi connectivity index (χ4n) is 1.94. The molecule has 5 nitrogen and oxygen atoms in total. The molecule has 0 atom stereocenters. The van der Waals surface area contributed by atoms with Crippen molar-refractivity contribution >= 4 is 18.3 Å². The molecule has 0 saturated heterocycles. The van der Waals surface area contributed by atoms with Gasteiger partial charge < -0.3 is 20.5 Å². The average molecular weight is 301 g/mol. The number of nitrogens with two attached hydrogens (primary N) is 1. The molecular weight excluding hydrogens is 280 g/mol. The van der Waals surface area contributed by atoms with Crippen LogP contribution in [0.15, 0.2) is 18.2 Å². The smallest absolute Gasteiger partial charge is 0.220 e. The monoisotopic (exact) mass is 300 g/mol. The number of halogens is 1. The Morgan fingerprint density at radius 2 is 2.00 bits per heavy atom. The van der Waals surface area contributed by atoms with E-state index in [4.69, 9.17) is 15.2 Å². The Labute approximate surface area is 125 Å². The van der Waals surface area contributed by atoms with Crippen molar-refractivity contribution < 1.29 is 14.3 Å². The highest BCUT2D eigenvalue weighted by atomic mass is 35.5. The second-order valence-corrected chi connectivity index (χ2v) is 4.47. The minimum Gasteiger partial charge on any atom is -0.486 e. The molecule has 1 aliphatic rings. The van der Waals surface area contributed by atoms with Gasteiger partial charge in [0.2, 0.25) is 5.91 Å². The summed E-state index contributed by atoms with van der Waals surface area (Å²) in [6.45, 7) is 2.37. The molecule has 2 rings (SSSR count). The summed E-state index contributed by atoms with van der Waals surface area (Å²) < 4.78 is 11.0. The summed E-state index contributed by atoms with van der Waals surface area (Å²) in [5.74, 6) is 1.64. The fraction of sp³-hybridized carbons (Fsp3) is 0.500. The lowest BCUT2D eigenvalue weighted by Gasteiger charge is -2.18. The highest BCUT2D eigenvalue weighted by Gasteiger charge is 2.11. The lowest BCUT2D eigenvalue weighted by molar-refractivity contribution is -0.121. The zero-order chi connectivity index (χ0) is 13.5. The Morgan fingerprint density at radius 1 is 1.25 bits per heavy atom. The van der Waals surface area contributed by atoms with Gasteiger partial charge in [-0.05, 0) is 37.1 Å². The fourth-order valence-corrected chi connectivity index (χ4v) is 1.94. The van der Waals surface area contributed by atoms with E-state index in [1.165, 1.54) is 0 Å². The SMILES string of the molecule is Cl.NCCCC(=O)NCCc1ccc2c(c1)OCCO2. The van der Waals surface area contributed by atoms with Crippen molar-refractivity contribution in [2.45, 2.75) is 19.3 Å². The molecule has 0 radical (unpaired) electrons. The van der Waals surface area contributed by atoms with Gasteiger partial charge in [-0.1, -0.05) is 6.07 Å². The van der Waals surface area contributed by atoms with E-state index in [1.807, 2.05) is 18.2 Å². The summed E-state index contributed by atoms with van der Waals surface area (Å²) in [4.78, 5) is 11.4. The van der Waals surface area contributed by atoms with Gasteiger partial charge >= 0.3 is 0 Å². The maximum Gasteiger partial charge on any atom is 0.220 e. The van der Waals surface area contributed by atoms with Gasteiger partial charge in [0.25, 0.3) is 0 Å². The van der Waals surface area contributed by atoms with Crippen molar-refractivity contribution in [1.82, 2.24) is 5.32 Å². The molecule has 1 heterocycles. The van der Waals surface area contributed by atoms with Gasteiger partial charge in [0.1, 0.15) is 13.2 Å². The summed E-state index contributed by atoms with van der Waals surface area (Å²) in [7, 11) is 0. The Balaban J connectivity index is 0.00000200. The Kier molecular flexibility index (Phi) is 7.18. The van der Waals surface area contributed by atoms with Gasteiger partial charge in [0.05, 0.1) is 0 Å². The molecule has 0 aromatic heterocycles. The van der Waals surface area contributed by atoms with Crippen molar-refractivity contribution in [2.75, 3.05) is 26.3 Å². The number of nitrogens with one attached hydrogen (secondary N) is 1. The number of rotatable bonds is 6. The van der Waals surface area contributed by atoms with Crippen LogP contribution in [-0.2, 0) is 11.2 Å². The van der Waals surface area contributed by atoms with E-state index < -0.39 is 0 Å². The van der Waals surface area contributed by atoms with Gasteiger partial charge in [0, 0.05) is 13.0 Å². The van der Waals surface area contributed by atoms with E-state index in [0.29, 0.717) is 32.7 Å². The van der Waals surface area contributed by atoms with Crippen molar-refractivity contribution in [3.63, 3.8) is 0 Å². The van der Waals surface area contributed by atoms with Crippen LogP contribution < -0.4 is 20.5 Å². The first-order valence-electron chi connectivity index (χ1n) is 6.65. The molecule has 0 spiro atoms. The number of amides is 1. The number of ether oxygens (including phenoxy) is 2. The number of carbonyl (C=O) groups is 1. The molecular formula is C14H21ClN2O3. The van der Waals surface area contributed by atoms with Crippen LogP contribution in [0.1, 0.15) is 18.4 Å². The Bertz CT molecular complexity index is 440. The van der Waals surface area contributed by atoms with Crippen LogP contribution in [0.25, 0.3) is 0 Å². The molecule has 0 aliphatic carbocycles. The minimum absolute atomic E-state index is 0. The topological polar surface area (TPSA) is 73.6 Å². The summed E-state index contributed by atoms with van der Waals surface area (Å²) >= 11 is 0. The number of carbonyl (C=O) groups excluding carboxylic acids is 1. The first kappa shape index (κ1) is 16.6. The number of fused-ring (bicyclic) bond motifs is 1. The van der Waals surface area contributed by atoms with E-state index in [1.54, 1.807) is 0 Å². The second-order valence-electron chi connectivity index (χ2n) is 4.47. The molecule has 3 N–H and O–H groups in total. The van der Waals surface area contributed by atoms with Gasteiger partial charge in [-0.25, -0.2) is 0 Å². The lowest BCUT2D eigenvalue weighted by atomic mass is 10.1. The second kappa shape index (κ2) is 8.66. The van der Waals surface area contributed by atoms with E-state index in [2.05, 4.69) is 5.32 Å². The highest BCUT2D eigenvalue weighted by molar-refractivity contribution is 5.85. The standard InChI is InChI=1S/C14H20N2O3.ClH/c15-6-1-2-14(17)16-7-5-11-3-4-12-13(10-11)19-9-8-18-12;/h3-4,10H,1-2,5-9,15H2,(H,16,17);1H. The lowest BCUT2D eigenvalue weighted by Crippen LogP contribution is -2.26. The largest absolute Gasteiger partial charge is 0.486 e. The van der Waals surface area contributed by atoms with Crippen LogP contribution in [0.5, 0.6) is 11.5 Å². The van der Waals surface area contributed by atoms with Crippen LogP contribution in [-0.4, -0.2) is 32.2 Å². The molecule has 6 heteroatoms. The van der Waals surface area contributed by atoms with Crippen LogP contribution >= 0.6 is 12.4 Å². The maximum atomic E-state index is 11.4. The normalized spacial score (nSPS) is 12.4. The number of hydrogen-bond acceptors (Lipinski definition) is 4. The first-order chi connectivity index (χ1) is 9.29. The van der Waals surface area contributed by atoms with Gasteiger partial charge in [-0.2, -0.15) is 0 Å². The first-order valence-corrected chi connectivity index (χ1v) is 6.65.